The highest BCUT2D eigenvalue weighted by Crippen LogP contribution is 2.31. The third-order valence-electron chi connectivity index (χ3n) is 5.91. The monoisotopic (exact) mass is 424 g/mol. The van der Waals surface area contributed by atoms with Gasteiger partial charge in [0.1, 0.15) is 0 Å². The lowest BCUT2D eigenvalue weighted by molar-refractivity contribution is 0.0943. The van der Waals surface area contributed by atoms with E-state index in [4.69, 9.17) is 12.2 Å². The highest BCUT2D eigenvalue weighted by Gasteiger charge is 2.28. The van der Waals surface area contributed by atoms with Crippen LogP contribution in [0.2, 0.25) is 0 Å². The van der Waals surface area contributed by atoms with Crippen LogP contribution in [0.1, 0.15) is 49.0 Å². The van der Waals surface area contributed by atoms with E-state index in [0.717, 1.165) is 12.0 Å². The van der Waals surface area contributed by atoms with Gasteiger partial charge in [-0.25, -0.2) is 8.42 Å². The van der Waals surface area contributed by atoms with Crippen LogP contribution < -0.4 is 20.5 Å². The van der Waals surface area contributed by atoms with Gasteiger partial charge < -0.3 is 5.32 Å². The van der Waals surface area contributed by atoms with Crippen molar-refractivity contribution in [3.63, 3.8) is 0 Å². The second kappa shape index (κ2) is 8.24. The summed E-state index contributed by atoms with van der Waals surface area (Å²) < 4.78 is 25.0. The van der Waals surface area contributed by atoms with Crippen molar-refractivity contribution in [1.82, 2.24) is 16.2 Å². The number of sulfonamides is 1. The first-order valence-electron chi connectivity index (χ1n) is 9.64. The molecule has 1 aliphatic heterocycles. The number of hydrogen-bond acceptors (Lipinski definition) is 4. The number of nitrogens with zero attached hydrogens (tertiary/aromatic N) is 1. The van der Waals surface area contributed by atoms with E-state index in [1.165, 1.54) is 23.4 Å². The number of nitrogens with one attached hydrogen (secondary N) is 3. The predicted octanol–water partition coefficient (Wildman–Crippen LogP) is 1.94. The molecule has 0 saturated heterocycles. The van der Waals surface area contributed by atoms with Crippen LogP contribution in [0, 0.1) is 11.8 Å². The van der Waals surface area contributed by atoms with Gasteiger partial charge in [-0.1, -0.05) is 26.7 Å². The fourth-order valence-electron chi connectivity index (χ4n) is 4.03. The molecule has 0 spiro atoms. The first kappa shape index (κ1) is 20.9. The molecule has 9 heteroatoms. The standard InChI is InChI=1S/C19H28N4O3S2/c1-12-5-4-6-16(13(12)2)20-19(27)22-21-18(24)15-7-8-17-14(11-15)9-10-23(17)28(3,25)26/h7-8,11-13,16H,4-6,9-10H2,1-3H3,(H,21,24)(H2,20,22,27)/t12-,13-,16+/m1/s1. The average Bonchev–Trinajstić information content (AvgIpc) is 3.07. The minimum absolute atomic E-state index is 0.308. The third-order valence-corrected chi connectivity index (χ3v) is 7.31. The fourth-order valence-corrected chi connectivity index (χ4v) is 5.19. The Morgan fingerprint density at radius 1 is 1.21 bits per heavy atom. The van der Waals surface area contributed by atoms with Crippen LogP contribution in [-0.4, -0.2) is 38.3 Å². The quantitative estimate of drug-likeness (QED) is 0.508. The molecule has 3 N–H and O–H groups in total. The van der Waals surface area contributed by atoms with Crippen molar-refractivity contribution in [2.24, 2.45) is 11.8 Å². The van der Waals surface area contributed by atoms with Crippen LogP contribution in [0.15, 0.2) is 18.2 Å². The molecule has 1 aromatic rings. The number of anilines is 1. The van der Waals surface area contributed by atoms with Gasteiger partial charge in [0.05, 0.1) is 11.9 Å². The van der Waals surface area contributed by atoms with Crippen LogP contribution in [0.25, 0.3) is 0 Å². The van der Waals surface area contributed by atoms with Gasteiger partial charge in [0, 0.05) is 18.2 Å². The predicted molar refractivity (Wildman–Crippen MR) is 115 cm³/mol. The van der Waals surface area contributed by atoms with Crippen LogP contribution in [0.3, 0.4) is 0 Å². The minimum Gasteiger partial charge on any atom is -0.358 e. The SMILES string of the molecule is C[C@@H]1[C@H](C)CCC[C@@H]1NC(=S)NNC(=O)c1ccc2c(c1)CCN2S(C)(=O)=O. The zero-order valence-corrected chi connectivity index (χ0v) is 18.1. The molecule has 0 bridgehead atoms. The largest absolute Gasteiger partial charge is 0.358 e. The summed E-state index contributed by atoms with van der Waals surface area (Å²) in [6.07, 6.45) is 5.27. The van der Waals surface area contributed by atoms with Crippen molar-refractivity contribution >= 4 is 38.9 Å². The van der Waals surface area contributed by atoms with Crippen molar-refractivity contribution in [2.45, 2.75) is 45.6 Å². The van der Waals surface area contributed by atoms with Gasteiger partial charge in [-0.15, -0.1) is 0 Å². The summed E-state index contributed by atoms with van der Waals surface area (Å²) in [4.78, 5) is 12.4. The van der Waals surface area contributed by atoms with Gasteiger partial charge in [0.2, 0.25) is 10.0 Å². The van der Waals surface area contributed by atoms with E-state index in [-0.39, 0.29) is 5.91 Å². The molecular formula is C19H28N4O3S2. The smallest absolute Gasteiger partial charge is 0.269 e. The molecule has 1 heterocycles. The summed E-state index contributed by atoms with van der Waals surface area (Å²) in [7, 11) is -3.30. The van der Waals surface area contributed by atoms with Crippen molar-refractivity contribution in [1.29, 1.82) is 0 Å². The van der Waals surface area contributed by atoms with E-state index in [2.05, 4.69) is 30.0 Å². The average molecular weight is 425 g/mol. The highest BCUT2D eigenvalue weighted by molar-refractivity contribution is 7.92. The molecular weight excluding hydrogens is 396 g/mol. The number of hydrazine groups is 1. The molecule has 7 nitrogen and oxygen atoms in total. The first-order chi connectivity index (χ1) is 13.2. The molecule has 28 heavy (non-hydrogen) atoms. The maximum absolute atomic E-state index is 12.4. The number of hydrogen-bond donors (Lipinski definition) is 3. The molecule has 0 radical (unpaired) electrons. The normalized spacial score (nSPS) is 24.4. The number of amides is 1. The number of thiocarbonyl (C=S) groups is 1. The second-order valence-corrected chi connectivity index (χ2v) is 10.2. The number of rotatable bonds is 3. The van der Waals surface area contributed by atoms with Crippen LogP contribution in [0.5, 0.6) is 0 Å². The lowest BCUT2D eigenvalue weighted by atomic mass is 9.78. The van der Waals surface area contributed by atoms with Crippen LogP contribution in [0.4, 0.5) is 5.69 Å². The van der Waals surface area contributed by atoms with Gasteiger partial charge in [-0.05, 0) is 60.7 Å². The summed E-state index contributed by atoms with van der Waals surface area (Å²) in [5.41, 5.74) is 7.36. The van der Waals surface area contributed by atoms with Crippen molar-refractivity contribution in [2.75, 3.05) is 17.1 Å². The third kappa shape index (κ3) is 4.57. The molecule has 0 unspecified atom stereocenters. The Morgan fingerprint density at radius 2 is 1.96 bits per heavy atom. The maximum atomic E-state index is 12.4. The van der Waals surface area contributed by atoms with Gasteiger partial charge in [0.25, 0.3) is 5.91 Å². The topological polar surface area (TPSA) is 90.5 Å². The molecule has 1 amide bonds. The molecule has 1 aliphatic carbocycles. The van der Waals surface area contributed by atoms with Crippen molar-refractivity contribution in [3.8, 4) is 0 Å². The lowest BCUT2D eigenvalue weighted by Crippen LogP contribution is -2.52. The number of fused-ring (bicyclic) bond motifs is 1. The zero-order chi connectivity index (χ0) is 20.5. The number of carbonyl (C=O) groups excluding carboxylic acids is 1. The summed E-state index contributed by atoms with van der Waals surface area (Å²) in [5.74, 6) is 0.870. The number of benzene rings is 1. The Hall–Kier alpha value is -1.87. The van der Waals surface area contributed by atoms with Gasteiger partial charge >= 0.3 is 0 Å². The highest BCUT2D eigenvalue weighted by atomic mass is 32.2. The van der Waals surface area contributed by atoms with Crippen molar-refractivity contribution in [3.05, 3.63) is 29.3 Å². The van der Waals surface area contributed by atoms with Gasteiger partial charge in [0.15, 0.2) is 5.11 Å². The Bertz CT molecular complexity index is 872. The Kier molecular flexibility index (Phi) is 6.14. The molecule has 0 aromatic heterocycles. The van der Waals surface area contributed by atoms with E-state index in [9.17, 15) is 13.2 Å². The van der Waals surface area contributed by atoms with E-state index in [1.807, 2.05) is 0 Å². The molecule has 1 aromatic carbocycles. The minimum atomic E-state index is -3.30. The molecule has 1 fully saturated rings. The van der Waals surface area contributed by atoms with E-state index >= 15 is 0 Å². The summed E-state index contributed by atoms with van der Waals surface area (Å²) in [5, 5.41) is 3.71. The summed E-state index contributed by atoms with van der Waals surface area (Å²) in [6, 6.07) is 5.35. The van der Waals surface area contributed by atoms with E-state index < -0.39 is 10.0 Å². The Labute approximate surface area is 172 Å². The lowest BCUT2D eigenvalue weighted by Gasteiger charge is -2.35. The van der Waals surface area contributed by atoms with Crippen molar-refractivity contribution < 1.29 is 13.2 Å². The summed E-state index contributed by atoms with van der Waals surface area (Å²) >= 11 is 5.32. The second-order valence-electron chi connectivity index (χ2n) is 7.86. The molecule has 3 atom stereocenters. The van der Waals surface area contributed by atoms with E-state index in [0.29, 0.717) is 47.2 Å². The zero-order valence-electron chi connectivity index (χ0n) is 16.5. The maximum Gasteiger partial charge on any atom is 0.269 e. The molecule has 154 valence electrons. The Balaban J connectivity index is 1.56. The molecule has 1 saturated carbocycles. The summed E-state index contributed by atoms with van der Waals surface area (Å²) in [6.45, 7) is 4.89. The fraction of sp³-hybridized carbons (Fsp3) is 0.579. The van der Waals surface area contributed by atoms with Gasteiger partial charge in [-0.2, -0.15) is 0 Å². The Morgan fingerprint density at radius 3 is 2.68 bits per heavy atom. The van der Waals surface area contributed by atoms with E-state index in [1.54, 1.807) is 18.2 Å². The van der Waals surface area contributed by atoms with Crippen LogP contribution >= 0.6 is 12.2 Å². The number of carbonyl (C=O) groups is 1. The molecule has 2 aliphatic rings. The first-order valence-corrected chi connectivity index (χ1v) is 11.9. The van der Waals surface area contributed by atoms with Gasteiger partial charge in [-0.3, -0.25) is 20.0 Å². The van der Waals surface area contributed by atoms with Crippen LogP contribution in [-0.2, 0) is 16.4 Å². The molecule has 3 rings (SSSR count).